The van der Waals surface area contributed by atoms with E-state index >= 15 is 0 Å². The molecular weight excluding hydrogens is 162 g/mol. The first-order chi connectivity index (χ1) is 6.20. The fourth-order valence-electron chi connectivity index (χ4n) is 1.33. The van der Waals surface area contributed by atoms with E-state index in [0.29, 0.717) is 5.92 Å². The van der Waals surface area contributed by atoms with Gasteiger partial charge in [0.2, 0.25) is 5.91 Å². The van der Waals surface area contributed by atoms with E-state index in [1.165, 1.54) is 0 Å². The predicted octanol–water partition coefficient (Wildman–Crippen LogP) is 1.95. The Kier molecular flexibility index (Phi) is 7.10. The first-order valence-corrected chi connectivity index (χ1v) is 4.88. The number of hydrogen-bond acceptors (Lipinski definition) is 1. The van der Waals surface area contributed by atoms with Crippen LogP contribution in [0, 0.1) is 18.3 Å². The largest absolute Gasteiger partial charge is 0.356 e. The maximum Gasteiger partial charge on any atom is 0.216 e. The lowest BCUT2D eigenvalue weighted by Gasteiger charge is -2.14. The van der Waals surface area contributed by atoms with Crippen LogP contribution in [0.1, 0.15) is 39.5 Å². The van der Waals surface area contributed by atoms with Crippen LogP contribution in [0.3, 0.4) is 0 Å². The highest BCUT2D eigenvalue weighted by Gasteiger charge is 2.06. The molecule has 0 saturated carbocycles. The van der Waals surface area contributed by atoms with Gasteiger partial charge in [0, 0.05) is 19.9 Å². The van der Waals surface area contributed by atoms with Crippen LogP contribution in [0.4, 0.5) is 0 Å². The second-order valence-electron chi connectivity index (χ2n) is 3.33. The monoisotopic (exact) mass is 181 g/mol. The molecule has 0 bridgehead atoms. The van der Waals surface area contributed by atoms with Crippen molar-refractivity contribution in [2.24, 2.45) is 5.92 Å². The highest BCUT2D eigenvalue weighted by Crippen LogP contribution is 2.11. The van der Waals surface area contributed by atoms with Crippen LogP contribution in [0.25, 0.3) is 0 Å². The molecule has 0 aliphatic heterocycles. The van der Waals surface area contributed by atoms with Crippen LogP contribution in [0.5, 0.6) is 0 Å². The summed E-state index contributed by atoms with van der Waals surface area (Å²) in [5, 5.41) is 2.83. The normalized spacial score (nSPS) is 11.8. The quantitative estimate of drug-likeness (QED) is 0.623. The van der Waals surface area contributed by atoms with Crippen LogP contribution in [0.15, 0.2) is 0 Å². The third-order valence-electron chi connectivity index (χ3n) is 2.03. The summed E-state index contributed by atoms with van der Waals surface area (Å²) in [5.41, 5.74) is 0. The van der Waals surface area contributed by atoms with Gasteiger partial charge >= 0.3 is 0 Å². The Hall–Kier alpha value is -0.970. The van der Waals surface area contributed by atoms with Crippen molar-refractivity contribution in [3.63, 3.8) is 0 Å². The van der Waals surface area contributed by atoms with Crippen LogP contribution in [-0.4, -0.2) is 12.5 Å². The van der Waals surface area contributed by atoms with Gasteiger partial charge in [-0.3, -0.25) is 4.79 Å². The summed E-state index contributed by atoms with van der Waals surface area (Å²) < 4.78 is 0. The first kappa shape index (κ1) is 12.0. The minimum atomic E-state index is 0.0433. The van der Waals surface area contributed by atoms with Gasteiger partial charge in [-0.05, 0) is 18.8 Å². The molecule has 0 aromatic heterocycles. The van der Waals surface area contributed by atoms with Gasteiger partial charge in [-0.25, -0.2) is 0 Å². The van der Waals surface area contributed by atoms with E-state index in [0.717, 1.165) is 32.2 Å². The maximum atomic E-state index is 10.7. The molecule has 1 unspecified atom stereocenters. The molecule has 0 saturated heterocycles. The fourth-order valence-corrected chi connectivity index (χ4v) is 1.33. The van der Waals surface area contributed by atoms with Crippen molar-refractivity contribution >= 4 is 5.91 Å². The molecule has 74 valence electrons. The fraction of sp³-hybridized carbons (Fsp3) is 0.727. The van der Waals surface area contributed by atoms with Crippen molar-refractivity contribution in [3.8, 4) is 12.3 Å². The number of carbonyl (C=O) groups is 1. The maximum absolute atomic E-state index is 10.7. The molecule has 0 aromatic rings. The molecule has 1 amide bonds. The van der Waals surface area contributed by atoms with E-state index in [4.69, 9.17) is 6.42 Å². The van der Waals surface area contributed by atoms with Gasteiger partial charge in [0.15, 0.2) is 0 Å². The Balaban J connectivity index is 3.67. The van der Waals surface area contributed by atoms with E-state index < -0.39 is 0 Å². The summed E-state index contributed by atoms with van der Waals surface area (Å²) in [6.45, 7) is 4.46. The van der Waals surface area contributed by atoms with Gasteiger partial charge in [0.05, 0.1) is 0 Å². The van der Waals surface area contributed by atoms with Crippen LogP contribution in [-0.2, 0) is 4.79 Å². The van der Waals surface area contributed by atoms with Gasteiger partial charge < -0.3 is 5.32 Å². The second kappa shape index (κ2) is 7.67. The molecule has 0 fully saturated rings. The van der Waals surface area contributed by atoms with Crippen molar-refractivity contribution in [2.45, 2.75) is 39.5 Å². The topological polar surface area (TPSA) is 29.1 Å². The van der Waals surface area contributed by atoms with Gasteiger partial charge in [-0.2, -0.15) is 0 Å². The summed E-state index contributed by atoms with van der Waals surface area (Å²) in [6.07, 6.45) is 9.31. The van der Waals surface area contributed by atoms with Crippen molar-refractivity contribution < 1.29 is 4.79 Å². The minimum absolute atomic E-state index is 0.0433. The average Bonchev–Trinajstić information content (AvgIpc) is 2.09. The standard InChI is InChI=1S/C11H19NO/c1-4-6-8-11(7-5-2)9-12-10(3)13/h1,11H,5-9H2,2-3H3,(H,12,13). The molecule has 13 heavy (non-hydrogen) atoms. The first-order valence-electron chi connectivity index (χ1n) is 4.88. The number of rotatable bonds is 6. The Labute approximate surface area is 81.1 Å². The zero-order valence-corrected chi connectivity index (χ0v) is 8.60. The van der Waals surface area contributed by atoms with Crippen molar-refractivity contribution in [1.29, 1.82) is 0 Å². The third-order valence-corrected chi connectivity index (χ3v) is 2.03. The number of terminal acetylenes is 1. The SMILES string of the molecule is C#CCCC(CCC)CNC(C)=O. The Morgan fingerprint density at radius 1 is 1.54 bits per heavy atom. The lowest BCUT2D eigenvalue weighted by atomic mass is 9.98. The molecule has 0 radical (unpaired) electrons. The summed E-state index contributed by atoms with van der Waals surface area (Å²) in [6, 6.07) is 0. The molecule has 0 aliphatic carbocycles. The predicted molar refractivity (Wildman–Crippen MR) is 55.1 cm³/mol. The van der Waals surface area contributed by atoms with E-state index in [1.807, 2.05) is 0 Å². The Bertz CT molecular complexity index is 181. The lowest BCUT2D eigenvalue weighted by molar-refractivity contribution is -0.119. The summed E-state index contributed by atoms with van der Waals surface area (Å²) in [4.78, 5) is 10.7. The number of carbonyl (C=O) groups excluding carboxylic acids is 1. The summed E-state index contributed by atoms with van der Waals surface area (Å²) in [5.74, 6) is 3.22. The van der Waals surface area contributed by atoms with E-state index in [1.54, 1.807) is 6.92 Å². The molecule has 0 aliphatic rings. The van der Waals surface area contributed by atoms with Crippen LogP contribution >= 0.6 is 0 Å². The summed E-state index contributed by atoms with van der Waals surface area (Å²) >= 11 is 0. The molecule has 2 heteroatoms. The number of hydrogen-bond donors (Lipinski definition) is 1. The molecule has 0 spiro atoms. The molecule has 0 rings (SSSR count). The molecular formula is C11H19NO. The molecule has 0 aromatic carbocycles. The smallest absolute Gasteiger partial charge is 0.216 e. The van der Waals surface area contributed by atoms with Gasteiger partial charge in [0.25, 0.3) is 0 Å². The third kappa shape index (κ3) is 7.39. The lowest BCUT2D eigenvalue weighted by Crippen LogP contribution is -2.26. The Morgan fingerprint density at radius 2 is 2.23 bits per heavy atom. The number of amides is 1. The minimum Gasteiger partial charge on any atom is -0.356 e. The molecule has 0 heterocycles. The van der Waals surface area contributed by atoms with E-state index in [-0.39, 0.29) is 5.91 Å². The van der Waals surface area contributed by atoms with Crippen molar-refractivity contribution in [1.82, 2.24) is 5.32 Å². The molecule has 1 N–H and O–H groups in total. The van der Waals surface area contributed by atoms with Gasteiger partial charge in [-0.15, -0.1) is 12.3 Å². The van der Waals surface area contributed by atoms with Gasteiger partial charge in [-0.1, -0.05) is 13.3 Å². The highest BCUT2D eigenvalue weighted by molar-refractivity contribution is 5.72. The van der Waals surface area contributed by atoms with Crippen molar-refractivity contribution in [3.05, 3.63) is 0 Å². The van der Waals surface area contributed by atoms with Crippen LogP contribution < -0.4 is 5.32 Å². The highest BCUT2D eigenvalue weighted by atomic mass is 16.1. The zero-order chi connectivity index (χ0) is 10.1. The van der Waals surface area contributed by atoms with Crippen LogP contribution in [0.2, 0.25) is 0 Å². The van der Waals surface area contributed by atoms with E-state index in [9.17, 15) is 4.79 Å². The second-order valence-corrected chi connectivity index (χ2v) is 3.33. The molecule has 1 atom stereocenters. The van der Waals surface area contributed by atoms with Crippen molar-refractivity contribution in [2.75, 3.05) is 6.54 Å². The summed E-state index contributed by atoms with van der Waals surface area (Å²) in [7, 11) is 0. The zero-order valence-electron chi connectivity index (χ0n) is 8.60. The average molecular weight is 181 g/mol. The van der Waals surface area contributed by atoms with Gasteiger partial charge in [0.1, 0.15) is 0 Å². The Morgan fingerprint density at radius 3 is 2.69 bits per heavy atom. The van der Waals surface area contributed by atoms with E-state index in [2.05, 4.69) is 18.2 Å². The number of nitrogens with one attached hydrogen (secondary N) is 1. The molecule has 2 nitrogen and oxygen atoms in total.